The predicted molar refractivity (Wildman–Crippen MR) is 143 cm³/mol. The smallest absolute Gasteiger partial charge is 0.304 e. The number of carbonyl (C=O) groups excluding carboxylic acids is 1. The summed E-state index contributed by atoms with van der Waals surface area (Å²) >= 11 is 12.3. The molecule has 9 heteroatoms. The first-order chi connectivity index (χ1) is 17.0. The topological polar surface area (TPSA) is 101 Å². The molecule has 1 heterocycles. The van der Waals surface area contributed by atoms with Crippen molar-refractivity contribution in [2.75, 3.05) is 11.5 Å². The van der Waals surface area contributed by atoms with Gasteiger partial charge in [0.15, 0.2) is 0 Å². The van der Waals surface area contributed by atoms with E-state index in [1.54, 1.807) is 13.0 Å². The summed E-state index contributed by atoms with van der Waals surface area (Å²) in [6.45, 7) is 3.65. The average molecular weight is 555 g/mol. The zero-order valence-corrected chi connectivity index (χ0v) is 22.8. The number of halogens is 2. The third-order valence-electron chi connectivity index (χ3n) is 7.24. The second-order valence-electron chi connectivity index (χ2n) is 9.59. The van der Waals surface area contributed by atoms with E-state index in [1.807, 2.05) is 49.4 Å². The Kier molecular flexibility index (Phi) is 9.84. The van der Waals surface area contributed by atoms with Crippen molar-refractivity contribution in [1.82, 2.24) is 5.32 Å². The number of rotatable bonds is 11. The normalized spacial score (nSPS) is 22.0. The monoisotopic (exact) mass is 553 g/mol. The zero-order chi connectivity index (χ0) is 26.5. The van der Waals surface area contributed by atoms with Crippen LogP contribution in [0, 0.1) is 17.8 Å². The Balaban J connectivity index is 2.05. The highest BCUT2D eigenvalue weighted by atomic mass is 35.5. The lowest BCUT2D eigenvalue weighted by Crippen LogP contribution is -2.55. The maximum atomic E-state index is 13.1. The Bertz CT molecular complexity index is 1170. The second kappa shape index (κ2) is 12.4. The lowest BCUT2D eigenvalue weighted by Gasteiger charge is -2.43. The van der Waals surface area contributed by atoms with E-state index in [2.05, 4.69) is 5.32 Å². The summed E-state index contributed by atoms with van der Waals surface area (Å²) in [5.41, 5.74) is 1.90. The summed E-state index contributed by atoms with van der Waals surface area (Å²) in [6, 6.07) is 14.3. The molecule has 0 aliphatic carbocycles. The number of carbonyl (C=O) groups is 2. The van der Waals surface area contributed by atoms with Gasteiger partial charge in [-0.2, -0.15) is 0 Å². The van der Waals surface area contributed by atoms with Crippen LogP contribution in [0.5, 0.6) is 0 Å². The minimum atomic E-state index is -3.38. The van der Waals surface area contributed by atoms with Gasteiger partial charge in [0, 0.05) is 33.7 Å². The average Bonchev–Trinajstić information content (AvgIpc) is 2.83. The van der Waals surface area contributed by atoms with Crippen molar-refractivity contribution in [3.63, 3.8) is 0 Å². The molecule has 1 amide bonds. The fourth-order valence-corrected chi connectivity index (χ4v) is 6.91. The number of amides is 1. The van der Waals surface area contributed by atoms with Crippen LogP contribution in [-0.4, -0.2) is 42.9 Å². The summed E-state index contributed by atoms with van der Waals surface area (Å²) in [5.74, 6) is -2.86. The Labute approximate surface area is 223 Å². The molecule has 2 aromatic rings. The highest BCUT2D eigenvalue weighted by Crippen LogP contribution is 2.40. The van der Waals surface area contributed by atoms with Crippen molar-refractivity contribution in [3.05, 3.63) is 69.7 Å². The van der Waals surface area contributed by atoms with Gasteiger partial charge in [-0.25, -0.2) is 8.42 Å². The molecule has 3 rings (SSSR count). The molecule has 2 aromatic carbocycles. The number of benzene rings is 2. The summed E-state index contributed by atoms with van der Waals surface area (Å²) in [6.07, 6.45) is 1.36. The molecule has 0 bridgehead atoms. The Morgan fingerprint density at radius 3 is 2.39 bits per heavy atom. The van der Waals surface area contributed by atoms with E-state index in [0.717, 1.165) is 11.1 Å². The predicted octanol–water partition coefficient (Wildman–Crippen LogP) is 5.38. The molecule has 5 unspecified atom stereocenters. The SMILES string of the molecule is CCC(Cc1ccc(Cl)cc1)C(CS(=O)(=O)CC)C1NC(=O)C(CC(=O)O)CC1c1cccc(Cl)c1. The number of hydrogen-bond acceptors (Lipinski definition) is 4. The zero-order valence-electron chi connectivity index (χ0n) is 20.5. The first-order valence-electron chi connectivity index (χ1n) is 12.3. The van der Waals surface area contributed by atoms with Gasteiger partial charge in [-0.05, 0) is 60.1 Å². The van der Waals surface area contributed by atoms with Gasteiger partial charge >= 0.3 is 5.97 Å². The molecule has 196 valence electrons. The number of carboxylic acid groups (broad SMARTS) is 1. The van der Waals surface area contributed by atoms with Crippen molar-refractivity contribution in [2.45, 2.75) is 51.5 Å². The van der Waals surface area contributed by atoms with Crippen LogP contribution in [0.1, 0.15) is 50.2 Å². The van der Waals surface area contributed by atoms with Crippen LogP contribution in [0.4, 0.5) is 0 Å². The highest BCUT2D eigenvalue weighted by molar-refractivity contribution is 7.91. The van der Waals surface area contributed by atoms with Gasteiger partial charge in [0.2, 0.25) is 5.91 Å². The van der Waals surface area contributed by atoms with Gasteiger partial charge in [-0.1, -0.05) is 67.7 Å². The van der Waals surface area contributed by atoms with Crippen molar-refractivity contribution < 1.29 is 23.1 Å². The van der Waals surface area contributed by atoms with E-state index >= 15 is 0 Å². The minimum Gasteiger partial charge on any atom is -0.481 e. The quantitative estimate of drug-likeness (QED) is 0.389. The molecule has 0 aromatic heterocycles. The van der Waals surface area contributed by atoms with Crippen LogP contribution in [0.25, 0.3) is 0 Å². The molecule has 0 saturated carbocycles. The summed E-state index contributed by atoms with van der Waals surface area (Å²) < 4.78 is 25.9. The molecular weight excluding hydrogens is 521 g/mol. The first-order valence-corrected chi connectivity index (χ1v) is 14.8. The maximum absolute atomic E-state index is 13.1. The van der Waals surface area contributed by atoms with Gasteiger partial charge in [0.1, 0.15) is 9.84 Å². The number of hydrogen-bond donors (Lipinski definition) is 2. The fraction of sp³-hybridized carbons (Fsp3) is 0.481. The van der Waals surface area contributed by atoms with Crippen molar-refractivity contribution in [3.8, 4) is 0 Å². The Morgan fingerprint density at radius 1 is 1.11 bits per heavy atom. The van der Waals surface area contributed by atoms with Gasteiger partial charge in [0.05, 0.1) is 12.2 Å². The van der Waals surface area contributed by atoms with E-state index in [0.29, 0.717) is 29.3 Å². The summed E-state index contributed by atoms with van der Waals surface area (Å²) in [4.78, 5) is 24.5. The molecular formula is C27H33Cl2NO5S. The molecule has 1 fully saturated rings. The van der Waals surface area contributed by atoms with E-state index in [4.69, 9.17) is 23.2 Å². The van der Waals surface area contributed by atoms with Crippen molar-refractivity contribution in [2.24, 2.45) is 17.8 Å². The van der Waals surface area contributed by atoms with Gasteiger partial charge < -0.3 is 10.4 Å². The fourth-order valence-electron chi connectivity index (χ4n) is 5.28. The Morgan fingerprint density at radius 2 is 1.81 bits per heavy atom. The number of piperidine rings is 1. The highest BCUT2D eigenvalue weighted by Gasteiger charge is 2.44. The van der Waals surface area contributed by atoms with Crippen LogP contribution in [-0.2, 0) is 25.8 Å². The van der Waals surface area contributed by atoms with Crippen LogP contribution in [0.2, 0.25) is 10.0 Å². The van der Waals surface area contributed by atoms with E-state index in [-0.39, 0.29) is 41.6 Å². The third-order valence-corrected chi connectivity index (χ3v) is 9.50. The number of carboxylic acids is 1. The molecule has 5 atom stereocenters. The molecule has 36 heavy (non-hydrogen) atoms. The molecule has 6 nitrogen and oxygen atoms in total. The lowest BCUT2D eigenvalue weighted by atomic mass is 9.70. The molecule has 1 aliphatic heterocycles. The van der Waals surface area contributed by atoms with Gasteiger partial charge in [-0.15, -0.1) is 0 Å². The van der Waals surface area contributed by atoms with E-state index in [1.165, 1.54) is 0 Å². The third kappa shape index (κ3) is 7.46. The summed E-state index contributed by atoms with van der Waals surface area (Å²) in [7, 11) is -3.38. The first kappa shape index (κ1) is 28.5. The van der Waals surface area contributed by atoms with Crippen LogP contribution in [0.15, 0.2) is 48.5 Å². The van der Waals surface area contributed by atoms with Crippen LogP contribution in [0.3, 0.4) is 0 Å². The molecule has 0 spiro atoms. The van der Waals surface area contributed by atoms with Gasteiger partial charge in [-0.3, -0.25) is 9.59 Å². The van der Waals surface area contributed by atoms with Crippen LogP contribution >= 0.6 is 23.2 Å². The van der Waals surface area contributed by atoms with E-state index in [9.17, 15) is 23.1 Å². The molecule has 1 aliphatic rings. The van der Waals surface area contributed by atoms with Crippen molar-refractivity contribution >= 4 is 44.9 Å². The van der Waals surface area contributed by atoms with E-state index < -0.39 is 27.8 Å². The minimum absolute atomic E-state index is 0.00498. The van der Waals surface area contributed by atoms with Crippen molar-refractivity contribution in [1.29, 1.82) is 0 Å². The molecule has 2 N–H and O–H groups in total. The van der Waals surface area contributed by atoms with Gasteiger partial charge in [0.25, 0.3) is 0 Å². The number of nitrogens with one attached hydrogen (secondary N) is 1. The molecule has 1 saturated heterocycles. The Hall–Kier alpha value is -2.09. The maximum Gasteiger partial charge on any atom is 0.304 e. The second-order valence-corrected chi connectivity index (χ2v) is 12.9. The number of sulfone groups is 1. The number of aliphatic carboxylic acids is 1. The van der Waals surface area contributed by atoms with Crippen LogP contribution < -0.4 is 5.32 Å². The summed E-state index contributed by atoms with van der Waals surface area (Å²) in [5, 5.41) is 13.6. The largest absolute Gasteiger partial charge is 0.481 e. The molecule has 0 radical (unpaired) electrons. The standard InChI is InChI=1S/C27H33Cl2NO5S/c1-3-18(12-17-8-10-21(28)11-9-17)24(16-36(34,35)4-2)26-23(19-6-5-7-22(29)13-19)14-20(15-25(31)32)27(33)30-26/h5-11,13,18,20,23-24,26H,3-4,12,14-16H2,1-2H3,(H,30,33)(H,31,32). The lowest BCUT2D eigenvalue weighted by molar-refractivity contribution is -0.142.